The van der Waals surface area contributed by atoms with E-state index in [0.29, 0.717) is 5.69 Å². The Bertz CT molecular complexity index is 576. The number of aromatic nitrogens is 2. The van der Waals surface area contributed by atoms with Crippen molar-refractivity contribution in [3.63, 3.8) is 0 Å². The molecule has 0 unspecified atom stereocenters. The van der Waals surface area contributed by atoms with E-state index in [9.17, 15) is 4.79 Å². The van der Waals surface area contributed by atoms with Gasteiger partial charge in [0.25, 0.3) is 5.91 Å². The predicted molar refractivity (Wildman–Crippen MR) is 78.1 cm³/mol. The fraction of sp³-hybridized carbons (Fsp3) is 0.750. The lowest BCUT2D eigenvalue weighted by Crippen LogP contribution is -2.46. The second-order valence-corrected chi connectivity index (χ2v) is 6.90. The van der Waals surface area contributed by atoms with Crippen LogP contribution in [0, 0.1) is 0 Å². The van der Waals surface area contributed by atoms with Crippen molar-refractivity contribution in [2.45, 2.75) is 70.1 Å². The summed E-state index contributed by atoms with van der Waals surface area (Å²) in [6.45, 7) is 4.97. The zero-order chi connectivity index (χ0) is 14.6. The van der Waals surface area contributed by atoms with Gasteiger partial charge in [0.2, 0.25) is 0 Å². The Labute approximate surface area is 125 Å². The Morgan fingerprint density at radius 3 is 2.90 bits per heavy atom. The first-order chi connectivity index (χ1) is 10.1. The Balaban J connectivity index is 1.66. The summed E-state index contributed by atoms with van der Waals surface area (Å²) in [7, 11) is 0. The molecule has 5 nitrogen and oxygen atoms in total. The summed E-state index contributed by atoms with van der Waals surface area (Å²) in [5.74, 6) is 0.131. The summed E-state index contributed by atoms with van der Waals surface area (Å²) in [6, 6.07) is 0. The maximum Gasteiger partial charge on any atom is 0.275 e. The van der Waals surface area contributed by atoms with Crippen LogP contribution in [0.15, 0.2) is 0 Å². The minimum atomic E-state index is -0.00552. The van der Waals surface area contributed by atoms with Crippen LogP contribution in [0.5, 0.6) is 0 Å². The Morgan fingerprint density at radius 2 is 2.14 bits per heavy atom. The number of hydrogen-bond acceptors (Lipinski definition) is 3. The number of ether oxygens (including phenoxy) is 1. The lowest BCUT2D eigenvalue weighted by molar-refractivity contribution is -0.00706. The quantitative estimate of drug-likeness (QED) is 0.864. The van der Waals surface area contributed by atoms with Crippen LogP contribution in [-0.4, -0.2) is 39.2 Å². The fourth-order valence-corrected chi connectivity index (χ4v) is 4.06. The van der Waals surface area contributed by atoms with Crippen molar-refractivity contribution in [2.75, 3.05) is 6.54 Å². The van der Waals surface area contributed by atoms with Gasteiger partial charge >= 0.3 is 0 Å². The van der Waals surface area contributed by atoms with Crippen molar-refractivity contribution in [3.8, 4) is 0 Å². The molecule has 1 saturated carbocycles. The molecule has 5 heteroatoms. The number of H-pyrrole nitrogens is 1. The normalized spacial score (nSPS) is 30.3. The van der Waals surface area contributed by atoms with Crippen LogP contribution in [0.1, 0.15) is 73.8 Å². The molecule has 4 rings (SSSR count). The first kappa shape index (κ1) is 13.3. The molecule has 0 bridgehead atoms. The van der Waals surface area contributed by atoms with Gasteiger partial charge in [0.1, 0.15) is 0 Å². The highest BCUT2D eigenvalue weighted by atomic mass is 16.5. The van der Waals surface area contributed by atoms with Crippen molar-refractivity contribution in [1.29, 1.82) is 0 Å². The van der Waals surface area contributed by atoms with Crippen LogP contribution in [0.3, 0.4) is 0 Å². The molecule has 114 valence electrons. The Morgan fingerprint density at radius 1 is 1.33 bits per heavy atom. The molecule has 1 amide bonds. The summed E-state index contributed by atoms with van der Waals surface area (Å²) in [5, 5.41) is 7.40. The molecule has 3 heterocycles. The van der Waals surface area contributed by atoms with Crippen molar-refractivity contribution in [1.82, 2.24) is 15.1 Å². The molecule has 2 fully saturated rings. The zero-order valence-electron chi connectivity index (χ0n) is 12.8. The number of amides is 1. The van der Waals surface area contributed by atoms with Gasteiger partial charge in [0.05, 0.1) is 17.9 Å². The summed E-state index contributed by atoms with van der Waals surface area (Å²) >= 11 is 0. The van der Waals surface area contributed by atoms with Gasteiger partial charge in [-0.1, -0.05) is 0 Å². The van der Waals surface area contributed by atoms with Crippen molar-refractivity contribution in [3.05, 3.63) is 17.0 Å². The van der Waals surface area contributed by atoms with Crippen molar-refractivity contribution < 1.29 is 9.53 Å². The van der Waals surface area contributed by atoms with Gasteiger partial charge in [-0.2, -0.15) is 5.10 Å². The van der Waals surface area contributed by atoms with Gasteiger partial charge in [0.15, 0.2) is 5.69 Å². The second kappa shape index (κ2) is 4.57. The summed E-state index contributed by atoms with van der Waals surface area (Å²) in [4.78, 5) is 15.1. The topological polar surface area (TPSA) is 58.2 Å². The van der Waals surface area contributed by atoms with Gasteiger partial charge in [-0.25, -0.2) is 0 Å². The molecule has 1 aromatic heterocycles. The number of aromatic amines is 1. The molecule has 1 N–H and O–H groups in total. The lowest BCUT2D eigenvalue weighted by Gasteiger charge is -2.36. The van der Waals surface area contributed by atoms with E-state index in [2.05, 4.69) is 22.0 Å². The molecule has 3 aliphatic rings. The SMILES string of the molecule is C[C@@H]1Cc2c(C(=O)N3CCCCC34CC4)n[nH]c2[C@H](C)O1. The number of carbonyl (C=O) groups is 1. The van der Waals surface area contributed by atoms with E-state index >= 15 is 0 Å². The fourth-order valence-electron chi connectivity index (χ4n) is 4.06. The lowest BCUT2D eigenvalue weighted by atomic mass is 9.96. The van der Waals surface area contributed by atoms with E-state index in [1.54, 1.807) is 0 Å². The summed E-state index contributed by atoms with van der Waals surface area (Å²) in [5.41, 5.74) is 2.87. The number of nitrogens with one attached hydrogen (secondary N) is 1. The average Bonchev–Trinajstić information content (AvgIpc) is 3.08. The first-order valence-corrected chi connectivity index (χ1v) is 8.15. The second-order valence-electron chi connectivity index (χ2n) is 6.90. The third-order valence-corrected chi connectivity index (χ3v) is 5.35. The van der Waals surface area contributed by atoms with E-state index in [-0.39, 0.29) is 23.7 Å². The van der Waals surface area contributed by atoms with Gasteiger partial charge < -0.3 is 9.64 Å². The van der Waals surface area contributed by atoms with Crippen LogP contribution in [-0.2, 0) is 11.2 Å². The summed E-state index contributed by atoms with van der Waals surface area (Å²) in [6.07, 6.45) is 6.80. The van der Waals surface area contributed by atoms with Gasteiger partial charge in [0, 0.05) is 24.1 Å². The van der Waals surface area contributed by atoms with Crippen LogP contribution in [0.2, 0.25) is 0 Å². The minimum Gasteiger partial charge on any atom is -0.369 e. The third kappa shape index (κ3) is 2.01. The molecule has 2 atom stereocenters. The molecule has 1 saturated heterocycles. The molecular weight excluding hydrogens is 266 g/mol. The smallest absolute Gasteiger partial charge is 0.275 e. The number of nitrogens with zero attached hydrogens (tertiary/aromatic N) is 2. The van der Waals surface area contributed by atoms with Gasteiger partial charge in [-0.05, 0) is 46.0 Å². The van der Waals surface area contributed by atoms with Crippen molar-refractivity contribution in [2.24, 2.45) is 0 Å². The van der Waals surface area contributed by atoms with E-state index in [1.807, 2.05) is 6.92 Å². The monoisotopic (exact) mass is 289 g/mol. The third-order valence-electron chi connectivity index (χ3n) is 5.35. The Kier molecular flexibility index (Phi) is 2.89. The highest BCUT2D eigenvalue weighted by molar-refractivity contribution is 5.95. The molecule has 2 aliphatic heterocycles. The largest absolute Gasteiger partial charge is 0.369 e. The number of likely N-dealkylation sites (tertiary alicyclic amines) is 1. The van der Waals surface area contributed by atoms with Crippen LogP contribution in [0.25, 0.3) is 0 Å². The highest BCUT2D eigenvalue weighted by Crippen LogP contribution is 2.49. The maximum atomic E-state index is 13.0. The molecule has 1 aliphatic carbocycles. The minimum absolute atomic E-state index is 0.00552. The standard InChI is InChI=1S/C16H23N3O2/c1-10-9-12-13(11(2)21-10)17-18-14(12)15(20)19-8-4-3-5-16(19)6-7-16/h10-11H,3-9H2,1-2H3,(H,17,18)/t10-,11+/m1/s1. The van der Waals surface area contributed by atoms with Crippen LogP contribution >= 0.6 is 0 Å². The molecule has 1 aromatic rings. The molecule has 0 aromatic carbocycles. The molecule has 1 spiro atoms. The number of fused-ring (bicyclic) bond motifs is 1. The Hall–Kier alpha value is -1.36. The molecule has 0 radical (unpaired) electrons. The number of carbonyl (C=O) groups excluding carboxylic acids is 1. The zero-order valence-corrected chi connectivity index (χ0v) is 12.8. The van der Waals surface area contributed by atoms with Gasteiger partial charge in [-0.15, -0.1) is 0 Å². The maximum absolute atomic E-state index is 13.0. The highest BCUT2D eigenvalue weighted by Gasteiger charge is 2.51. The predicted octanol–water partition coefficient (Wildman–Crippen LogP) is 2.59. The number of rotatable bonds is 1. The van der Waals surface area contributed by atoms with Crippen molar-refractivity contribution >= 4 is 5.91 Å². The average molecular weight is 289 g/mol. The van der Waals surface area contributed by atoms with Gasteiger partial charge in [-0.3, -0.25) is 9.89 Å². The van der Waals surface area contributed by atoms with E-state index in [1.165, 1.54) is 25.7 Å². The van der Waals surface area contributed by atoms with E-state index < -0.39 is 0 Å². The van der Waals surface area contributed by atoms with Crippen LogP contribution in [0.4, 0.5) is 0 Å². The number of piperidine rings is 1. The van der Waals surface area contributed by atoms with E-state index in [4.69, 9.17) is 4.74 Å². The summed E-state index contributed by atoms with van der Waals surface area (Å²) < 4.78 is 5.81. The number of hydrogen-bond donors (Lipinski definition) is 1. The van der Waals surface area contributed by atoms with Crippen LogP contribution < -0.4 is 0 Å². The first-order valence-electron chi connectivity index (χ1n) is 8.15. The molecular formula is C16H23N3O2. The van der Waals surface area contributed by atoms with E-state index in [0.717, 1.165) is 30.6 Å². The molecule has 21 heavy (non-hydrogen) atoms.